The zero-order valence-corrected chi connectivity index (χ0v) is 15.5. The average Bonchev–Trinajstić information content (AvgIpc) is 2.96. The lowest BCUT2D eigenvalue weighted by Crippen LogP contribution is -2.21. The Labute approximate surface area is 155 Å². The zero-order valence-electron chi connectivity index (χ0n) is 14.7. The van der Waals surface area contributed by atoms with Gasteiger partial charge in [-0.3, -0.25) is 0 Å². The van der Waals surface area contributed by atoms with Gasteiger partial charge in [0.25, 0.3) is 0 Å². The number of rotatable bonds is 4. The van der Waals surface area contributed by atoms with Gasteiger partial charge in [0.15, 0.2) is 5.75 Å². The SMILES string of the molecule is CCOc1ccc([C@H]2C(C#N)=C(N)Oc3c2sc(C)c3C(=O)OC)cc1. The first kappa shape index (κ1) is 17.8. The van der Waals surface area contributed by atoms with Crippen molar-refractivity contribution in [1.29, 1.82) is 5.26 Å². The molecule has 0 aliphatic carbocycles. The Morgan fingerprint density at radius 1 is 1.38 bits per heavy atom. The molecule has 26 heavy (non-hydrogen) atoms. The number of esters is 1. The Kier molecular flexibility index (Phi) is 4.87. The summed E-state index contributed by atoms with van der Waals surface area (Å²) in [6.07, 6.45) is 0. The van der Waals surface area contributed by atoms with E-state index in [0.29, 0.717) is 23.5 Å². The fourth-order valence-electron chi connectivity index (χ4n) is 2.97. The van der Waals surface area contributed by atoms with E-state index >= 15 is 0 Å². The van der Waals surface area contributed by atoms with Crippen LogP contribution in [0.5, 0.6) is 11.5 Å². The fourth-order valence-corrected chi connectivity index (χ4v) is 4.19. The maximum Gasteiger partial charge on any atom is 0.342 e. The lowest BCUT2D eigenvalue weighted by molar-refractivity contribution is 0.0597. The van der Waals surface area contributed by atoms with Crippen molar-refractivity contribution >= 4 is 17.3 Å². The molecule has 0 fully saturated rings. The van der Waals surface area contributed by atoms with E-state index in [1.807, 2.05) is 38.1 Å². The maximum absolute atomic E-state index is 12.2. The molecule has 1 aliphatic rings. The number of nitrogens with zero attached hydrogens (tertiary/aromatic N) is 1. The molecule has 0 saturated carbocycles. The van der Waals surface area contributed by atoms with Crippen molar-refractivity contribution in [2.45, 2.75) is 19.8 Å². The van der Waals surface area contributed by atoms with Gasteiger partial charge in [-0.2, -0.15) is 5.26 Å². The fraction of sp³-hybridized carbons (Fsp3) is 0.263. The van der Waals surface area contributed by atoms with Gasteiger partial charge >= 0.3 is 5.97 Å². The molecule has 2 heterocycles. The average molecular weight is 370 g/mol. The standard InChI is InChI=1S/C19H18N2O4S/c1-4-24-12-7-5-11(6-8-12)15-13(9-20)18(21)25-16-14(19(22)23-3)10(2)26-17(15)16/h5-8,15H,4,21H2,1-3H3/t15-/m0/s1. The number of carbonyl (C=O) groups excluding carboxylic acids is 1. The summed E-state index contributed by atoms with van der Waals surface area (Å²) >= 11 is 1.40. The van der Waals surface area contributed by atoms with E-state index in [0.717, 1.165) is 21.1 Å². The number of thiophene rings is 1. The summed E-state index contributed by atoms with van der Waals surface area (Å²) in [5, 5.41) is 9.61. The van der Waals surface area contributed by atoms with Crippen LogP contribution >= 0.6 is 11.3 Å². The van der Waals surface area contributed by atoms with Crippen LogP contribution in [0.15, 0.2) is 35.7 Å². The van der Waals surface area contributed by atoms with Gasteiger partial charge in [0, 0.05) is 4.88 Å². The number of allylic oxidation sites excluding steroid dienone is 1. The van der Waals surface area contributed by atoms with Gasteiger partial charge in [-0.25, -0.2) is 4.79 Å². The minimum atomic E-state index is -0.487. The zero-order chi connectivity index (χ0) is 18.8. The number of methoxy groups -OCH3 is 1. The van der Waals surface area contributed by atoms with Crippen LogP contribution in [0.1, 0.15) is 38.5 Å². The Bertz CT molecular complexity index is 922. The van der Waals surface area contributed by atoms with Crippen LogP contribution in [0, 0.1) is 18.3 Å². The molecule has 0 bridgehead atoms. The summed E-state index contributed by atoms with van der Waals surface area (Å²) in [4.78, 5) is 13.7. The summed E-state index contributed by atoms with van der Waals surface area (Å²) in [6, 6.07) is 9.62. The third-order valence-corrected chi connectivity index (χ3v) is 5.28. The molecule has 1 aliphatic heterocycles. The number of hydrogen-bond donors (Lipinski definition) is 1. The molecule has 2 aromatic rings. The molecule has 0 saturated heterocycles. The van der Waals surface area contributed by atoms with Crippen LogP contribution in [0.2, 0.25) is 0 Å². The van der Waals surface area contributed by atoms with Crippen molar-refractivity contribution in [3.63, 3.8) is 0 Å². The number of fused-ring (bicyclic) bond motifs is 1. The van der Waals surface area contributed by atoms with Crippen molar-refractivity contribution in [2.24, 2.45) is 5.73 Å². The number of aryl methyl sites for hydroxylation is 1. The number of nitrogens with two attached hydrogens (primary N) is 1. The first-order chi connectivity index (χ1) is 12.5. The Morgan fingerprint density at radius 2 is 2.08 bits per heavy atom. The third kappa shape index (κ3) is 2.89. The monoisotopic (exact) mass is 370 g/mol. The molecular formula is C19H18N2O4S. The van der Waals surface area contributed by atoms with E-state index in [1.54, 1.807) is 0 Å². The summed E-state index contributed by atoms with van der Waals surface area (Å²) in [5.41, 5.74) is 7.53. The van der Waals surface area contributed by atoms with E-state index in [1.165, 1.54) is 18.4 Å². The lowest BCUT2D eigenvalue weighted by Gasteiger charge is -2.24. The minimum absolute atomic E-state index is 0.00170. The minimum Gasteiger partial charge on any atom is -0.494 e. The molecule has 134 valence electrons. The van der Waals surface area contributed by atoms with Crippen molar-refractivity contribution < 1.29 is 19.0 Å². The van der Waals surface area contributed by atoms with E-state index in [9.17, 15) is 10.1 Å². The Hall–Kier alpha value is -2.98. The van der Waals surface area contributed by atoms with Crippen LogP contribution in [0.25, 0.3) is 0 Å². The molecule has 6 nitrogen and oxygen atoms in total. The second kappa shape index (κ2) is 7.10. The normalized spacial score (nSPS) is 15.7. The highest BCUT2D eigenvalue weighted by molar-refractivity contribution is 7.12. The first-order valence-corrected chi connectivity index (χ1v) is 8.85. The van der Waals surface area contributed by atoms with Gasteiger partial charge in [-0.15, -0.1) is 11.3 Å². The van der Waals surface area contributed by atoms with Gasteiger partial charge < -0.3 is 19.9 Å². The van der Waals surface area contributed by atoms with E-state index in [2.05, 4.69) is 6.07 Å². The molecule has 2 N–H and O–H groups in total. The Morgan fingerprint density at radius 3 is 2.65 bits per heavy atom. The third-order valence-electron chi connectivity index (χ3n) is 4.13. The van der Waals surface area contributed by atoms with Crippen molar-refractivity contribution in [3.8, 4) is 17.6 Å². The van der Waals surface area contributed by atoms with Crippen LogP contribution < -0.4 is 15.2 Å². The smallest absolute Gasteiger partial charge is 0.342 e. The second-order valence-corrected chi connectivity index (χ2v) is 6.90. The second-order valence-electron chi connectivity index (χ2n) is 5.65. The summed E-state index contributed by atoms with van der Waals surface area (Å²) in [5.74, 6) is 0.230. The van der Waals surface area contributed by atoms with Crippen LogP contribution in [0.3, 0.4) is 0 Å². The van der Waals surface area contributed by atoms with Crippen LogP contribution in [-0.4, -0.2) is 19.7 Å². The molecule has 0 spiro atoms. The van der Waals surface area contributed by atoms with Crippen LogP contribution in [-0.2, 0) is 4.74 Å². The molecule has 0 radical (unpaired) electrons. The van der Waals surface area contributed by atoms with Gasteiger partial charge in [0.05, 0.1) is 24.5 Å². The molecule has 1 aromatic carbocycles. The van der Waals surface area contributed by atoms with Gasteiger partial charge in [-0.05, 0) is 31.5 Å². The lowest BCUT2D eigenvalue weighted by atomic mass is 9.88. The molecule has 3 rings (SSSR count). The van der Waals surface area contributed by atoms with E-state index in [-0.39, 0.29) is 5.88 Å². The molecular weight excluding hydrogens is 352 g/mol. The predicted molar refractivity (Wildman–Crippen MR) is 97.3 cm³/mol. The maximum atomic E-state index is 12.2. The highest BCUT2D eigenvalue weighted by Gasteiger charge is 2.37. The highest BCUT2D eigenvalue weighted by atomic mass is 32.1. The quantitative estimate of drug-likeness (QED) is 0.828. The molecule has 0 amide bonds. The van der Waals surface area contributed by atoms with Crippen molar-refractivity contribution in [2.75, 3.05) is 13.7 Å². The molecule has 7 heteroatoms. The van der Waals surface area contributed by atoms with E-state index < -0.39 is 11.9 Å². The van der Waals surface area contributed by atoms with E-state index in [4.69, 9.17) is 19.9 Å². The highest BCUT2D eigenvalue weighted by Crippen LogP contribution is 2.49. The molecule has 1 atom stereocenters. The van der Waals surface area contributed by atoms with Gasteiger partial charge in [0.1, 0.15) is 23.0 Å². The van der Waals surface area contributed by atoms with Gasteiger partial charge in [-0.1, -0.05) is 12.1 Å². The number of carbonyl (C=O) groups is 1. The topological polar surface area (TPSA) is 94.6 Å². The predicted octanol–water partition coefficient (Wildman–Crippen LogP) is 3.46. The number of nitriles is 1. The molecule has 1 aromatic heterocycles. The van der Waals surface area contributed by atoms with Crippen molar-refractivity contribution in [3.05, 3.63) is 56.6 Å². The van der Waals surface area contributed by atoms with Crippen LogP contribution in [0.4, 0.5) is 0 Å². The summed E-state index contributed by atoms with van der Waals surface area (Å²) < 4.78 is 16.0. The number of ether oxygens (including phenoxy) is 3. The summed E-state index contributed by atoms with van der Waals surface area (Å²) in [6.45, 7) is 4.30. The number of hydrogen-bond acceptors (Lipinski definition) is 7. The van der Waals surface area contributed by atoms with Crippen molar-refractivity contribution in [1.82, 2.24) is 0 Å². The van der Waals surface area contributed by atoms with Gasteiger partial charge in [0.2, 0.25) is 5.88 Å². The largest absolute Gasteiger partial charge is 0.494 e. The first-order valence-electron chi connectivity index (χ1n) is 8.03. The number of benzene rings is 1. The molecule has 0 unspecified atom stereocenters. The Balaban J connectivity index is 2.15. The summed E-state index contributed by atoms with van der Waals surface area (Å²) in [7, 11) is 1.32.